The van der Waals surface area contributed by atoms with Crippen LogP contribution in [0.1, 0.15) is 13.8 Å². The van der Waals surface area contributed by atoms with Gasteiger partial charge in [0.25, 0.3) is 0 Å². The molecule has 0 saturated heterocycles. The maximum absolute atomic E-state index is 11.3. The Kier molecular flexibility index (Phi) is 5.24. The lowest BCUT2D eigenvalue weighted by atomic mass is 10.2. The third-order valence-electron chi connectivity index (χ3n) is 2.34. The number of anilines is 2. The van der Waals surface area contributed by atoms with Gasteiger partial charge in [-0.1, -0.05) is 12.1 Å². The normalized spacial score (nSPS) is 11.0. The van der Waals surface area contributed by atoms with E-state index in [-0.39, 0.29) is 5.97 Å². The van der Waals surface area contributed by atoms with Crippen LogP contribution in [-0.4, -0.2) is 26.7 Å². The molecule has 0 bridgehead atoms. The minimum atomic E-state index is -0.329. The van der Waals surface area contributed by atoms with Gasteiger partial charge in [0, 0.05) is 25.9 Å². The first-order chi connectivity index (χ1) is 8.54. The maximum atomic E-state index is 11.3. The van der Waals surface area contributed by atoms with E-state index in [2.05, 4.69) is 5.32 Å². The van der Waals surface area contributed by atoms with Crippen LogP contribution in [-0.2, 0) is 9.53 Å². The molecule has 1 aromatic rings. The molecule has 4 nitrogen and oxygen atoms in total. The van der Waals surface area contributed by atoms with Crippen molar-refractivity contribution in [1.29, 1.82) is 0 Å². The molecule has 0 heterocycles. The van der Waals surface area contributed by atoms with Crippen molar-refractivity contribution >= 4 is 17.3 Å². The molecule has 98 valence electrons. The fraction of sp³-hybridized carbons (Fsp3) is 0.357. The highest BCUT2D eigenvalue weighted by atomic mass is 16.5. The molecule has 1 N–H and O–H groups in total. The van der Waals surface area contributed by atoms with E-state index in [1.165, 1.54) is 6.08 Å². The summed E-state index contributed by atoms with van der Waals surface area (Å²) in [5.41, 5.74) is 2.78. The Bertz CT molecular complexity index is 439. The smallest absolute Gasteiger partial charge is 0.332 e. The van der Waals surface area contributed by atoms with Crippen molar-refractivity contribution in [2.75, 3.05) is 30.9 Å². The third kappa shape index (κ3) is 4.13. The summed E-state index contributed by atoms with van der Waals surface area (Å²) in [6.07, 6.45) is 1.45. The van der Waals surface area contributed by atoms with Gasteiger partial charge in [-0.15, -0.1) is 0 Å². The molecule has 0 aliphatic heterocycles. The van der Waals surface area contributed by atoms with Crippen molar-refractivity contribution in [2.45, 2.75) is 13.8 Å². The van der Waals surface area contributed by atoms with Gasteiger partial charge in [-0.3, -0.25) is 0 Å². The largest absolute Gasteiger partial charge is 0.463 e. The summed E-state index contributed by atoms with van der Waals surface area (Å²) < 4.78 is 4.86. The van der Waals surface area contributed by atoms with Gasteiger partial charge in [-0.05, 0) is 26.0 Å². The molecule has 0 saturated carbocycles. The van der Waals surface area contributed by atoms with Crippen molar-refractivity contribution in [1.82, 2.24) is 0 Å². The van der Waals surface area contributed by atoms with Gasteiger partial charge < -0.3 is 15.0 Å². The van der Waals surface area contributed by atoms with Crippen LogP contribution in [0.4, 0.5) is 11.4 Å². The second-order valence-corrected chi connectivity index (χ2v) is 4.12. The summed E-state index contributed by atoms with van der Waals surface area (Å²) in [7, 11) is 3.95. The zero-order valence-electron chi connectivity index (χ0n) is 11.4. The Labute approximate surface area is 108 Å². The Hall–Kier alpha value is -1.97. The lowest BCUT2D eigenvalue weighted by Crippen LogP contribution is -2.12. The van der Waals surface area contributed by atoms with Crippen LogP contribution in [0.2, 0.25) is 0 Å². The fourth-order valence-electron chi connectivity index (χ4n) is 1.58. The number of hydrogen-bond donors (Lipinski definition) is 1. The van der Waals surface area contributed by atoms with E-state index in [0.29, 0.717) is 6.61 Å². The van der Waals surface area contributed by atoms with Gasteiger partial charge in [0.05, 0.1) is 18.0 Å². The SMILES string of the molecule is CCOC(=O)C=C(C)Nc1ccccc1N(C)C. The monoisotopic (exact) mass is 248 g/mol. The average molecular weight is 248 g/mol. The Balaban J connectivity index is 2.81. The Morgan fingerprint density at radius 1 is 1.39 bits per heavy atom. The van der Waals surface area contributed by atoms with E-state index < -0.39 is 0 Å². The highest BCUT2D eigenvalue weighted by molar-refractivity contribution is 5.84. The van der Waals surface area contributed by atoms with E-state index in [1.54, 1.807) is 6.92 Å². The highest BCUT2D eigenvalue weighted by Gasteiger charge is 2.04. The van der Waals surface area contributed by atoms with Crippen molar-refractivity contribution in [3.05, 3.63) is 36.0 Å². The molecule has 0 spiro atoms. The molecule has 4 heteroatoms. The fourth-order valence-corrected chi connectivity index (χ4v) is 1.58. The number of nitrogens with one attached hydrogen (secondary N) is 1. The molecular weight excluding hydrogens is 228 g/mol. The van der Waals surface area contributed by atoms with Gasteiger partial charge in [-0.2, -0.15) is 0 Å². The number of ether oxygens (including phenoxy) is 1. The van der Waals surface area contributed by atoms with Crippen LogP contribution in [0.25, 0.3) is 0 Å². The number of carbonyl (C=O) groups is 1. The molecular formula is C14H20N2O2. The van der Waals surface area contributed by atoms with Gasteiger partial charge in [-0.25, -0.2) is 4.79 Å². The molecule has 0 amide bonds. The summed E-state index contributed by atoms with van der Waals surface area (Å²) in [6, 6.07) is 7.91. The number of para-hydroxylation sites is 2. The minimum Gasteiger partial charge on any atom is -0.463 e. The number of benzene rings is 1. The molecule has 1 aromatic carbocycles. The Morgan fingerprint density at radius 3 is 2.67 bits per heavy atom. The second-order valence-electron chi connectivity index (χ2n) is 4.12. The average Bonchev–Trinajstić information content (AvgIpc) is 2.29. The van der Waals surface area contributed by atoms with E-state index in [4.69, 9.17) is 4.74 Å². The summed E-state index contributed by atoms with van der Waals surface area (Å²) in [4.78, 5) is 13.3. The molecule has 0 fully saturated rings. The predicted molar refractivity (Wildman–Crippen MR) is 74.8 cm³/mol. The van der Waals surface area contributed by atoms with Gasteiger partial charge in [0.1, 0.15) is 0 Å². The van der Waals surface area contributed by atoms with Crippen LogP contribution in [0.3, 0.4) is 0 Å². The minimum absolute atomic E-state index is 0.329. The zero-order valence-corrected chi connectivity index (χ0v) is 11.4. The molecule has 0 atom stereocenters. The van der Waals surface area contributed by atoms with Gasteiger partial charge >= 0.3 is 5.97 Å². The highest BCUT2D eigenvalue weighted by Crippen LogP contribution is 2.24. The number of hydrogen-bond acceptors (Lipinski definition) is 4. The second kappa shape index (κ2) is 6.69. The van der Waals surface area contributed by atoms with Crippen molar-refractivity contribution in [3.63, 3.8) is 0 Å². The van der Waals surface area contributed by atoms with Gasteiger partial charge in [0.2, 0.25) is 0 Å². The van der Waals surface area contributed by atoms with Crippen LogP contribution in [0.5, 0.6) is 0 Å². The van der Waals surface area contributed by atoms with Crippen LogP contribution in [0, 0.1) is 0 Å². The molecule has 0 aliphatic rings. The molecule has 0 unspecified atom stereocenters. The topological polar surface area (TPSA) is 41.6 Å². The third-order valence-corrected chi connectivity index (χ3v) is 2.34. The number of nitrogens with zero attached hydrogens (tertiary/aromatic N) is 1. The predicted octanol–water partition coefficient (Wildman–Crippen LogP) is 2.63. The summed E-state index contributed by atoms with van der Waals surface area (Å²) in [6.45, 7) is 4.01. The summed E-state index contributed by atoms with van der Waals surface area (Å²) in [5, 5.41) is 3.20. The number of allylic oxidation sites excluding steroid dienone is 1. The van der Waals surface area contributed by atoms with Crippen molar-refractivity contribution in [2.24, 2.45) is 0 Å². The molecule has 0 radical (unpaired) electrons. The summed E-state index contributed by atoms with van der Waals surface area (Å²) in [5.74, 6) is -0.329. The summed E-state index contributed by atoms with van der Waals surface area (Å²) >= 11 is 0. The van der Waals surface area contributed by atoms with Crippen molar-refractivity contribution in [3.8, 4) is 0 Å². The van der Waals surface area contributed by atoms with E-state index in [1.807, 2.05) is 50.2 Å². The van der Waals surface area contributed by atoms with E-state index in [9.17, 15) is 4.79 Å². The zero-order chi connectivity index (χ0) is 13.5. The van der Waals surface area contributed by atoms with Crippen molar-refractivity contribution < 1.29 is 9.53 Å². The number of esters is 1. The standard InChI is InChI=1S/C14H20N2O2/c1-5-18-14(17)10-11(2)15-12-8-6-7-9-13(12)16(3)4/h6-10,15H,5H2,1-4H3. The number of carbonyl (C=O) groups excluding carboxylic acids is 1. The molecule has 18 heavy (non-hydrogen) atoms. The van der Waals surface area contributed by atoms with E-state index in [0.717, 1.165) is 17.1 Å². The lowest BCUT2D eigenvalue weighted by Gasteiger charge is -2.18. The van der Waals surface area contributed by atoms with E-state index >= 15 is 0 Å². The maximum Gasteiger partial charge on any atom is 0.332 e. The van der Waals surface area contributed by atoms with Gasteiger partial charge in [0.15, 0.2) is 0 Å². The quantitative estimate of drug-likeness (QED) is 0.642. The first kappa shape index (κ1) is 14.1. The molecule has 0 aliphatic carbocycles. The lowest BCUT2D eigenvalue weighted by molar-refractivity contribution is -0.137. The molecule has 1 rings (SSSR count). The Morgan fingerprint density at radius 2 is 2.06 bits per heavy atom. The molecule has 0 aromatic heterocycles. The number of rotatable bonds is 5. The van der Waals surface area contributed by atoms with Crippen LogP contribution >= 0.6 is 0 Å². The van der Waals surface area contributed by atoms with Crippen LogP contribution < -0.4 is 10.2 Å². The van der Waals surface area contributed by atoms with Crippen LogP contribution in [0.15, 0.2) is 36.0 Å². The first-order valence-electron chi connectivity index (χ1n) is 5.93. The first-order valence-corrected chi connectivity index (χ1v) is 5.93.